The molecule has 0 aliphatic rings. The SMILES string of the molecule is CCC[C@H](C)NC(=O)CN(Cc1ccc(Cl)c(Cl)c1)S(=O)(=O)c1ccc(Br)cc1. The van der Waals surface area contributed by atoms with Crippen LogP contribution >= 0.6 is 39.1 Å². The number of carbonyl (C=O) groups is 1. The molecule has 2 aromatic rings. The van der Waals surface area contributed by atoms with Crippen LogP contribution in [0.2, 0.25) is 10.0 Å². The summed E-state index contributed by atoms with van der Waals surface area (Å²) in [7, 11) is -3.91. The van der Waals surface area contributed by atoms with Gasteiger partial charge in [0.2, 0.25) is 15.9 Å². The molecule has 2 rings (SSSR count). The number of rotatable bonds is 9. The minimum atomic E-state index is -3.91. The quantitative estimate of drug-likeness (QED) is 0.490. The molecule has 0 saturated carbocycles. The van der Waals surface area contributed by atoms with Crippen LogP contribution in [0, 0.1) is 0 Å². The van der Waals surface area contributed by atoms with Gasteiger partial charge in [-0.15, -0.1) is 0 Å². The highest BCUT2D eigenvalue weighted by molar-refractivity contribution is 9.10. The van der Waals surface area contributed by atoms with Gasteiger partial charge in [-0.3, -0.25) is 4.79 Å². The van der Waals surface area contributed by atoms with E-state index in [4.69, 9.17) is 23.2 Å². The Hall–Kier alpha value is -1.12. The molecule has 0 fully saturated rings. The van der Waals surface area contributed by atoms with Crippen molar-refractivity contribution in [2.75, 3.05) is 6.54 Å². The van der Waals surface area contributed by atoms with Crippen LogP contribution in [0.1, 0.15) is 32.3 Å². The zero-order valence-electron chi connectivity index (χ0n) is 16.2. The maximum absolute atomic E-state index is 13.2. The van der Waals surface area contributed by atoms with Crippen molar-refractivity contribution < 1.29 is 13.2 Å². The van der Waals surface area contributed by atoms with E-state index in [1.165, 1.54) is 12.1 Å². The maximum Gasteiger partial charge on any atom is 0.243 e. The van der Waals surface area contributed by atoms with Crippen LogP contribution in [0.15, 0.2) is 51.8 Å². The number of benzene rings is 2. The lowest BCUT2D eigenvalue weighted by Crippen LogP contribution is -2.43. The van der Waals surface area contributed by atoms with E-state index >= 15 is 0 Å². The van der Waals surface area contributed by atoms with Gasteiger partial charge in [-0.25, -0.2) is 8.42 Å². The molecule has 5 nitrogen and oxygen atoms in total. The Morgan fingerprint density at radius 2 is 1.79 bits per heavy atom. The largest absolute Gasteiger partial charge is 0.353 e. The van der Waals surface area contributed by atoms with Gasteiger partial charge in [0.25, 0.3) is 0 Å². The second-order valence-corrected chi connectivity index (χ2v) is 10.4. The molecule has 0 spiro atoms. The maximum atomic E-state index is 13.2. The van der Waals surface area contributed by atoms with E-state index < -0.39 is 10.0 Å². The minimum Gasteiger partial charge on any atom is -0.353 e. The Bertz CT molecular complexity index is 953. The van der Waals surface area contributed by atoms with Gasteiger partial charge >= 0.3 is 0 Å². The van der Waals surface area contributed by atoms with Crippen LogP contribution in [-0.4, -0.2) is 31.2 Å². The lowest BCUT2D eigenvalue weighted by molar-refractivity contribution is -0.122. The van der Waals surface area contributed by atoms with E-state index in [1.807, 2.05) is 13.8 Å². The van der Waals surface area contributed by atoms with E-state index in [9.17, 15) is 13.2 Å². The first kappa shape index (κ1) is 24.2. The molecule has 0 bridgehead atoms. The molecule has 1 amide bonds. The monoisotopic (exact) mass is 520 g/mol. The highest BCUT2D eigenvalue weighted by Gasteiger charge is 2.27. The molecule has 1 atom stereocenters. The zero-order valence-corrected chi connectivity index (χ0v) is 20.1. The number of sulfonamides is 1. The number of nitrogens with one attached hydrogen (secondary N) is 1. The third kappa shape index (κ3) is 6.96. The average Bonchev–Trinajstić information content (AvgIpc) is 2.64. The second-order valence-electron chi connectivity index (χ2n) is 6.73. The number of nitrogens with zero attached hydrogens (tertiary/aromatic N) is 1. The Balaban J connectivity index is 2.32. The van der Waals surface area contributed by atoms with E-state index in [-0.39, 0.29) is 29.9 Å². The molecule has 0 unspecified atom stereocenters. The Morgan fingerprint density at radius 1 is 1.14 bits per heavy atom. The van der Waals surface area contributed by atoms with Crippen LogP contribution < -0.4 is 5.32 Å². The Morgan fingerprint density at radius 3 is 2.38 bits per heavy atom. The Labute approximate surface area is 190 Å². The van der Waals surface area contributed by atoms with Crippen molar-refractivity contribution >= 4 is 55.1 Å². The van der Waals surface area contributed by atoms with Crippen molar-refractivity contribution in [1.82, 2.24) is 9.62 Å². The molecule has 1 N–H and O–H groups in total. The van der Waals surface area contributed by atoms with Crippen LogP contribution in [-0.2, 0) is 21.4 Å². The number of carbonyl (C=O) groups excluding carboxylic acids is 1. The van der Waals surface area contributed by atoms with Gasteiger partial charge in [0.05, 0.1) is 21.5 Å². The van der Waals surface area contributed by atoms with Crippen LogP contribution in [0.5, 0.6) is 0 Å². The molecule has 0 heterocycles. The molecule has 0 saturated heterocycles. The highest BCUT2D eigenvalue weighted by Crippen LogP contribution is 2.25. The second kappa shape index (κ2) is 10.8. The summed E-state index contributed by atoms with van der Waals surface area (Å²) < 4.78 is 28.3. The van der Waals surface area contributed by atoms with Gasteiger partial charge in [0.1, 0.15) is 0 Å². The van der Waals surface area contributed by atoms with Crippen LogP contribution in [0.25, 0.3) is 0 Å². The number of hydrogen-bond donors (Lipinski definition) is 1. The van der Waals surface area contributed by atoms with Crippen molar-refractivity contribution in [3.63, 3.8) is 0 Å². The highest BCUT2D eigenvalue weighted by atomic mass is 79.9. The number of halogens is 3. The molecular formula is C20H23BrCl2N2O3S. The van der Waals surface area contributed by atoms with Crippen molar-refractivity contribution in [2.24, 2.45) is 0 Å². The predicted molar refractivity (Wildman–Crippen MR) is 121 cm³/mol. The fraction of sp³-hybridized carbons (Fsp3) is 0.350. The first-order chi connectivity index (χ1) is 13.6. The fourth-order valence-corrected chi connectivity index (χ4v) is 4.78. The summed E-state index contributed by atoms with van der Waals surface area (Å²) in [6.07, 6.45) is 1.74. The summed E-state index contributed by atoms with van der Waals surface area (Å²) in [4.78, 5) is 12.6. The van der Waals surface area contributed by atoms with Crippen LogP contribution in [0.4, 0.5) is 0 Å². The number of amides is 1. The molecule has 0 radical (unpaired) electrons. The van der Waals surface area contributed by atoms with Crippen LogP contribution in [0.3, 0.4) is 0 Å². The van der Waals surface area contributed by atoms with Crippen molar-refractivity contribution in [1.29, 1.82) is 0 Å². The third-order valence-electron chi connectivity index (χ3n) is 4.24. The van der Waals surface area contributed by atoms with E-state index in [1.54, 1.807) is 30.3 Å². The molecule has 9 heteroatoms. The number of hydrogen-bond acceptors (Lipinski definition) is 3. The fourth-order valence-electron chi connectivity index (χ4n) is 2.81. The van der Waals surface area contributed by atoms with Gasteiger partial charge in [-0.2, -0.15) is 4.31 Å². The third-order valence-corrected chi connectivity index (χ3v) is 7.32. The normalized spacial score (nSPS) is 12.8. The van der Waals surface area contributed by atoms with Crippen molar-refractivity contribution in [3.8, 4) is 0 Å². The van der Waals surface area contributed by atoms with E-state index in [0.29, 0.717) is 15.6 Å². The zero-order chi connectivity index (χ0) is 21.6. The molecular weight excluding hydrogens is 499 g/mol. The first-order valence-electron chi connectivity index (χ1n) is 9.12. The van der Waals surface area contributed by atoms with E-state index in [0.717, 1.165) is 21.6 Å². The standard InChI is InChI=1S/C20H23BrCl2N2O3S/c1-3-4-14(2)24-20(26)13-25(12-15-5-10-18(22)19(23)11-15)29(27,28)17-8-6-16(21)7-9-17/h5-11,14H,3-4,12-13H2,1-2H3,(H,24,26)/t14-/m0/s1. The Kier molecular flexibility index (Phi) is 8.97. The molecule has 158 valence electrons. The summed E-state index contributed by atoms with van der Waals surface area (Å²) >= 11 is 15.3. The van der Waals surface area contributed by atoms with E-state index in [2.05, 4.69) is 21.2 Å². The van der Waals surface area contributed by atoms with Gasteiger partial charge in [0, 0.05) is 17.1 Å². The van der Waals surface area contributed by atoms with Gasteiger partial charge in [-0.05, 0) is 55.3 Å². The molecule has 0 aliphatic heterocycles. The van der Waals surface area contributed by atoms with Crippen molar-refractivity contribution in [3.05, 3.63) is 62.5 Å². The van der Waals surface area contributed by atoms with Gasteiger partial charge in [-0.1, -0.05) is 58.5 Å². The lowest BCUT2D eigenvalue weighted by atomic mass is 10.2. The predicted octanol–water partition coefficient (Wildman–Crippen LogP) is 5.25. The van der Waals surface area contributed by atoms with Crippen molar-refractivity contribution in [2.45, 2.75) is 44.2 Å². The summed E-state index contributed by atoms with van der Waals surface area (Å²) in [5.74, 6) is -0.355. The smallest absolute Gasteiger partial charge is 0.243 e. The summed E-state index contributed by atoms with van der Waals surface area (Å²) in [5.41, 5.74) is 0.634. The summed E-state index contributed by atoms with van der Waals surface area (Å²) in [6.45, 7) is 3.61. The summed E-state index contributed by atoms with van der Waals surface area (Å²) in [5, 5.41) is 3.55. The van der Waals surface area contributed by atoms with Gasteiger partial charge < -0.3 is 5.32 Å². The molecule has 0 aromatic heterocycles. The summed E-state index contributed by atoms with van der Waals surface area (Å²) in [6, 6.07) is 11.2. The topological polar surface area (TPSA) is 66.5 Å². The average molecular weight is 522 g/mol. The molecule has 29 heavy (non-hydrogen) atoms. The molecule has 2 aromatic carbocycles. The first-order valence-corrected chi connectivity index (χ1v) is 12.1. The minimum absolute atomic E-state index is 0.00906. The molecule has 0 aliphatic carbocycles. The lowest BCUT2D eigenvalue weighted by Gasteiger charge is -2.23. The van der Waals surface area contributed by atoms with Gasteiger partial charge in [0.15, 0.2) is 0 Å².